The zero-order valence-electron chi connectivity index (χ0n) is 12.2. The van der Waals surface area contributed by atoms with Crippen molar-refractivity contribution in [3.8, 4) is 5.75 Å². The van der Waals surface area contributed by atoms with E-state index >= 15 is 0 Å². The van der Waals surface area contributed by atoms with Gasteiger partial charge in [-0.2, -0.15) is 0 Å². The van der Waals surface area contributed by atoms with Crippen LogP contribution in [0.2, 0.25) is 0 Å². The Labute approximate surface area is 133 Å². The van der Waals surface area contributed by atoms with Crippen LogP contribution < -0.4 is 10.1 Å². The number of benzene rings is 2. The molecule has 112 valence electrons. The van der Waals surface area contributed by atoms with Gasteiger partial charge in [0.15, 0.2) is 0 Å². The Bertz CT molecular complexity index is 603. The fraction of sp³-hybridized carbons (Fsp3) is 0.294. The molecule has 0 aliphatic heterocycles. The van der Waals surface area contributed by atoms with Crippen molar-refractivity contribution >= 4 is 15.9 Å². The second-order valence-electron chi connectivity index (χ2n) is 4.96. The van der Waals surface area contributed by atoms with Crippen LogP contribution in [0.5, 0.6) is 5.75 Å². The minimum absolute atomic E-state index is 0.0766. The van der Waals surface area contributed by atoms with Gasteiger partial charge in [0.25, 0.3) is 0 Å². The molecule has 0 radical (unpaired) electrons. The first-order valence-electron chi connectivity index (χ1n) is 6.92. The summed E-state index contributed by atoms with van der Waals surface area (Å²) in [5.41, 5.74) is 1.82. The van der Waals surface area contributed by atoms with Gasteiger partial charge in [-0.05, 0) is 49.9 Å². The third-order valence-corrected chi connectivity index (χ3v) is 3.84. The Morgan fingerprint density at radius 3 is 2.76 bits per heavy atom. The van der Waals surface area contributed by atoms with E-state index in [1.54, 1.807) is 6.07 Å². The summed E-state index contributed by atoms with van der Waals surface area (Å²) in [4.78, 5) is 0. The fourth-order valence-corrected chi connectivity index (χ4v) is 2.62. The van der Waals surface area contributed by atoms with E-state index in [0.29, 0.717) is 18.6 Å². The van der Waals surface area contributed by atoms with Crippen molar-refractivity contribution in [3.63, 3.8) is 0 Å². The number of rotatable bonds is 6. The maximum absolute atomic E-state index is 13.9. The molecular weight excluding hydrogens is 333 g/mol. The minimum Gasteiger partial charge on any atom is -0.494 e. The van der Waals surface area contributed by atoms with Gasteiger partial charge < -0.3 is 10.1 Å². The van der Waals surface area contributed by atoms with E-state index in [4.69, 9.17) is 4.74 Å². The molecule has 0 aliphatic carbocycles. The van der Waals surface area contributed by atoms with Gasteiger partial charge in [0, 0.05) is 22.5 Å². The standard InChI is InChI=1S/C17H19BrFNO/c1-12-4-3-5-14(10-12)21-9-8-17(20-2)15-11-13(18)6-7-16(15)19/h3-7,10-11,17,20H,8-9H2,1-2H3. The molecule has 0 amide bonds. The van der Waals surface area contributed by atoms with E-state index < -0.39 is 0 Å². The average Bonchev–Trinajstić information content (AvgIpc) is 2.47. The zero-order chi connectivity index (χ0) is 15.2. The summed E-state index contributed by atoms with van der Waals surface area (Å²) in [6.45, 7) is 2.56. The molecule has 2 aromatic carbocycles. The summed E-state index contributed by atoms with van der Waals surface area (Å²) in [7, 11) is 1.83. The quantitative estimate of drug-likeness (QED) is 0.819. The van der Waals surface area contributed by atoms with Gasteiger partial charge in [-0.15, -0.1) is 0 Å². The summed E-state index contributed by atoms with van der Waals surface area (Å²) in [6.07, 6.45) is 0.692. The minimum atomic E-state index is -0.201. The molecule has 0 spiro atoms. The van der Waals surface area contributed by atoms with E-state index in [2.05, 4.69) is 21.2 Å². The smallest absolute Gasteiger partial charge is 0.128 e. The molecule has 2 rings (SSSR count). The van der Waals surface area contributed by atoms with Crippen molar-refractivity contribution in [2.45, 2.75) is 19.4 Å². The number of ether oxygens (including phenoxy) is 1. The highest BCUT2D eigenvalue weighted by Crippen LogP contribution is 2.24. The highest BCUT2D eigenvalue weighted by atomic mass is 79.9. The lowest BCUT2D eigenvalue weighted by molar-refractivity contribution is 0.288. The van der Waals surface area contributed by atoms with Crippen molar-refractivity contribution in [1.29, 1.82) is 0 Å². The molecule has 0 heterocycles. The van der Waals surface area contributed by atoms with Crippen LogP contribution in [0.15, 0.2) is 46.9 Å². The molecule has 1 unspecified atom stereocenters. The lowest BCUT2D eigenvalue weighted by Gasteiger charge is -2.18. The molecule has 4 heteroatoms. The van der Waals surface area contributed by atoms with Crippen LogP contribution in [-0.4, -0.2) is 13.7 Å². The molecule has 1 atom stereocenters. The maximum Gasteiger partial charge on any atom is 0.128 e. The van der Waals surface area contributed by atoms with Crippen LogP contribution in [0.25, 0.3) is 0 Å². The predicted octanol–water partition coefficient (Wildman–Crippen LogP) is 4.63. The van der Waals surface area contributed by atoms with Crippen LogP contribution in [0.1, 0.15) is 23.6 Å². The van der Waals surface area contributed by atoms with E-state index in [0.717, 1.165) is 15.8 Å². The van der Waals surface area contributed by atoms with Gasteiger partial charge in [-0.3, -0.25) is 0 Å². The normalized spacial score (nSPS) is 12.2. The van der Waals surface area contributed by atoms with Crippen molar-refractivity contribution in [1.82, 2.24) is 5.32 Å². The lowest BCUT2D eigenvalue weighted by atomic mass is 10.0. The Kier molecular flexibility index (Phi) is 5.76. The summed E-state index contributed by atoms with van der Waals surface area (Å²) >= 11 is 3.38. The van der Waals surface area contributed by atoms with Crippen LogP contribution in [0.3, 0.4) is 0 Å². The summed E-state index contributed by atoms with van der Waals surface area (Å²) in [5.74, 6) is 0.646. The Hall–Kier alpha value is -1.39. The molecular formula is C17H19BrFNO. The van der Waals surface area contributed by atoms with Gasteiger partial charge >= 0.3 is 0 Å². The van der Waals surface area contributed by atoms with Crippen LogP contribution >= 0.6 is 15.9 Å². The summed E-state index contributed by atoms with van der Waals surface area (Å²) < 4.78 is 20.5. The number of hydrogen-bond acceptors (Lipinski definition) is 2. The SMILES string of the molecule is CNC(CCOc1cccc(C)c1)c1cc(Br)ccc1F. The molecule has 0 aliphatic rings. The largest absolute Gasteiger partial charge is 0.494 e. The van der Waals surface area contributed by atoms with Gasteiger partial charge in [0.2, 0.25) is 0 Å². The molecule has 0 fully saturated rings. The van der Waals surface area contributed by atoms with Crippen molar-refractivity contribution in [3.05, 3.63) is 63.9 Å². The molecule has 0 saturated carbocycles. The third kappa shape index (κ3) is 4.55. The molecule has 1 N–H and O–H groups in total. The molecule has 2 aromatic rings. The first kappa shape index (κ1) is 16.0. The molecule has 0 aromatic heterocycles. The van der Waals surface area contributed by atoms with E-state index in [9.17, 15) is 4.39 Å². The first-order valence-corrected chi connectivity index (χ1v) is 7.71. The monoisotopic (exact) mass is 351 g/mol. The Morgan fingerprint density at radius 2 is 2.05 bits per heavy atom. The first-order chi connectivity index (χ1) is 10.1. The molecule has 0 bridgehead atoms. The molecule has 2 nitrogen and oxygen atoms in total. The highest BCUT2D eigenvalue weighted by molar-refractivity contribution is 9.10. The van der Waals surface area contributed by atoms with E-state index in [1.165, 1.54) is 6.07 Å². The van der Waals surface area contributed by atoms with Crippen LogP contribution in [-0.2, 0) is 0 Å². The second kappa shape index (κ2) is 7.57. The Balaban J connectivity index is 1.98. The Morgan fingerprint density at radius 1 is 1.24 bits per heavy atom. The average molecular weight is 352 g/mol. The summed E-state index contributed by atoms with van der Waals surface area (Å²) in [6, 6.07) is 12.8. The maximum atomic E-state index is 13.9. The number of hydrogen-bond donors (Lipinski definition) is 1. The topological polar surface area (TPSA) is 21.3 Å². The number of nitrogens with one attached hydrogen (secondary N) is 1. The highest BCUT2D eigenvalue weighted by Gasteiger charge is 2.14. The van der Waals surface area contributed by atoms with Crippen LogP contribution in [0, 0.1) is 12.7 Å². The van der Waals surface area contributed by atoms with E-state index in [-0.39, 0.29) is 11.9 Å². The van der Waals surface area contributed by atoms with Gasteiger partial charge in [0.05, 0.1) is 6.61 Å². The summed E-state index contributed by atoms with van der Waals surface area (Å²) in [5, 5.41) is 3.14. The predicted molar refractivity (Wildman–Crippen MR) is 87.2 cm³/mol. The zero-order valence-corrected chi connectivity index (χ0v) is 13.8. The second-order valence-corrected chi connectivity index (χ2v) is 5.88. The van der Waals surface area contributed by atoms with Gasteiger partial charge in [-0.25, -0.2) is 4.39 Å². The van der Waals surface area contributed by atoms with Crippen LogP contribution in [0.4, 0.5) is 4.39 Å². The number of halogens is 2. The van der Waals surface area contributed by atoms with Crippen molar-refractivity contribution < 1.29 is 9.13 Å². The lowest BCUT2D eigenvalue weighted by Crippen LogP contribution is -2.20. The van der Waals surface area contributed by atoms with Gasteiger partial charge in [-0.1, -0.05) is 28.1 Å². The van der Waals surface area contributed by atoms with E-state index in [1.807, 2.05) is 44.3 Å². The number of aryl methyl sites for hydroxylation is 1. The molecule has 0 saturated heterocycles. The van der Waals surface area contributed by atoms with Crippen molar-refractivity contribution in [2.24, 2.45) is 0 Å². The van der Waals surface area contributed by atoms with Gasteiger partial charge in [0.1, 0.15) is 11.6 Å². The van der Waals surface area contributed by atoms with Crippen molar-refractivity contribution in [2.75, 3.05) is 13.7 Å². The fourth-order valence-electron chi connectivity index (χ4n) is 2.24. The third-order valence-electron chi connectivity index (χ3n) is 3.35. The molecule has 21 heavy (non-hydrogen) atoms.